The van der Waals surface area contributed by atoms with E-state index in [1.54, 1.807) is 30.5 Å². The average molecular weight is 400 g/mol. The number of fused-ring (bicyclic) bond motifs is 1. The molecule has 0 N–H and O–H groups in total. The average Bonchev–Trinajstić information content (AvgIpc) is 2.68. The molecule has 0 radical (unpaired) electrons. The Labute approximate surface area is 163 Å². The zero-order valence-corrected chi connectivity index (χ0v) is 16.3. The molecular formula is C20H18ClN3O2S. The summed E-state index contributed by atoms with van der Waals surface area (Å²) < 4.78 is 27.3. The van der Waals surface area contributed by atoms with Gasteiger partial charge in [-0.05, 0) is 43.3 Å². The van der Waals surface area contributed by atoms with Crippen molar-refractivity contribution in [3.05, 3.63) is 76.6 Å². The van der Waals surface area contributed by atoms with Crippen LogP contribution in [0.2, 0.25) is 5.02 Å². The molecule has 3 aromatic rings. The summed E-state index contributed by atoms with van der Waals surface area (Å²) in [4.78, 5) is 9.37. The predicted molar refractivity (Wildman–Crippen MR) is 105 cm³/mol. The summed E-state index contributed by atoms with van der Waals surface area (Å²) in [5.41, 5.74) is 3.65. The van der Waals surface area contributed by atoms with E-state index in [0.717, 1.165) is 22.4 Å². The number of aryl methyl sites for hydroxylation is 1. The van der Waals surface area contributed by atoms with Gasteiger partial charge in [-0.3, -0.25) is 0 Å². The van der Waals surface area contributed by atoms with Crippen molar-refractivity contribution in [1.29, 1.82) is 0 Å². The van der Waals surface area contributed by atoms with Gasteiger partial charge in [-0.2, -0.15) is 4.31 Å². The van der Waals surface area contributed by atoms with Gasteiger partial charge in [0.15, 0.2) is 5.82 Å². The lowest BCUT2D eigenvalue weighted by molar-refractivity contribution is 0.387. The highest BCUT2D eigenvalue weighted by Crippen LogP contribution is 2.26. The molecule has 7 heteroatoms. The molecular weight excluding hydrogens is 382 g/mol. The van der Waals surface area contributed by atoms with Crippen LogP contribution in [0.3, 0.4) is 0 Å². The van der Waals surface area contributed by atoms with Crippen LogP contribution >= 0.6 is 11.6 Å². The van der Waals surface area contributed by atoms with Gasteiger partial charge in [0, 0.05) is 41.9 Å². The number of hydrogen-bond acceptors (Lipinski definition) is 4. The van der Waals surface area contributed by atoms with E-state index in [4.69, 9.17) is 11.6 Å². The van der Waals surface area contributed by atoms with Crippen molar-refractivity contribution in [2.75, 3.05) is 6.54 Å². The van der Waals surface area contributed by atoms with Gasteiger partial charge in [0.1, 0.15) is 0 Å². The summed E-state index contributed by atoms with van der Waals surface area (Å²) >= 11 is 5.93. The maximum atomic E-state index is 12.9. The van der Waals surface area contributed by atoms with Gasteiger partial charge in [0.05, 0.1) is 10.6 Å². The monoisotopic (exact) mass is 399 g/mol. The van der Waals surface area contributed by atoms with Crippen molar-refractivity contribution in [2.24, 2.45) is 0 Å². The normalized spacial score (nSPS) is 14.7. The van der Waals surface area contributed by atoms with E-state index >= 15 is 0 Å². The molecule has 1 aromatic heterocycles. The summed E-state index contributed by atoms with van der Waals surface area (Å²) in [6.45, 7) is 2.62. The zero-order chi connectivity index (χ0) is 19.0. The largest absolute Gasteiger partial charge is 0.243 e. The van der Waals surface area contributed by atoms with E-state index < -0.39 is 10.0 Å². The second kappa shape index (κ2) is 7.03. The van der Waals surface area contributed by atoms with Gasteiger partial charge in [0.25, 0.3) is 0 Å². The minimum atomic E-state index is -3.53. The molecule has 0 bridgehead atoms. The summed E-state index contributed by atoms with van der Waals surface area (Å²) in [6.07, 6.45) is 2.28. The Balaban J connectivity index is 1.60. The Hall–Kier alpha value is -2.28. The SMILES string of the molecule is Cc1ccc(S(=O)(=O)N2CCc3nc(-c4ccc(Cl)cc4)ncc3C2)cc1. The zero-order valence-electron chi connectivity index (χ0n) is 14.8. The summed E-state index contributed by atoms with van der Waals surface area (Å²) in [7, 11) is -3.53. The van der Waals surface area contributed by atoms with Crippen LogP contribution in [0.25, 0.3) is 11.4 Å². The smallest absolute Gasteiger partial charge is 0.236 e. The van der Waals surface area contributed by atoms with Crippen LogP contribution in [0.15, 0.2) is 59.6 Å². The molecule has 4 rings (SSSR count). The number of aromatic nitrogens is 2. The predicted octanol–water partition coefficient (Wildman–Crippen LogP) is 3.85. The van der Waals surface area contributed by atoms with Crippen LogP contribution in [0, 0.1) is 6.92 Å². The highest BCUT2D eigenvalue weighted by atomic mass is 35.5. The Bertz CT molecular complexity index is 1080. The second-order valence-electron chi connectivity index (χ2n) is 6.57. The highest BCUT2D eigenvalue weighted by molar-refractivity contribution is 7.89. The molecule has 0 aliphatic carbocycles. The molecule has 27 heavy (non-hydrogen) atoms. The number of halogens is 1. The Morgan fingerprint density at radius 1 is 1.04 bits per heavy atom. The number of sulfonamides is 1. The molecule has 1 aliphatic rings. The summed E-state index contributed by atoms with van der Waals surface area (Å²) in [5.74, 6) is 0.625. The van der Waals surface area contributed by atoms with Gasteiger partial charge in [-0.25, -0.2) is 18.4 Å². The fourth-order valence-electron chi connectivity index (χ4n) is 3.09. The lowest BCUT2D eigenvalue weighted by Gasteiger charge is -2.27. The molecule has 2 aromatic carbocycles. The molecule has 0 spiro atoms. The van der Waals surface area contributed by atoms with Crippen molar-refractivity contribution in [2.45, 2.75) is 24.8 Å². The van der Waals surface area contributed by atoms with E-state index in [0.29, 0.717) is 28.7 Å². The van der Waals surface area contributed by atoms with Crippen LogP contribution in [0.4, 0.5) is 0 Å². The molecule has 0 fully saturated rings. The van der Waals surface area contributed by atoms with Gasteiger partial charge in [0.2, 0.25) is 10.0 Å². The van der Waals surface area contributed by atoms with Crippen molar-refractivity contribution in [3.8, 4) is 11.4 Å². The maximum absolute atomic E-state index is 12.9. The van der Waals surface area contributed by atoms with Gasteiger partial charge >= 0.3 is 0 Å². The minimum absolute atomic E-state index is 0.284. The lowest BCUT2D eigenvalue weighted by Crippen LogP contribution is -2.36. The minimum Gasteiger partial charge on any atom is -0.236 e. The van der Waals surface area contributed by atoms with Gasteiger partial charge < -0.3 is 0 Å². The van der Waals surface area contributed by atoms with Crippen LogP contribution in [-0.2, 0) is 23.0 Å². The van der Waals surface area contributed by atoms with E-state index in [1.165, 1.54) is 4.31 Å². The first kappa shape index (κ1) is 18.1. The maximum Gasteiger partial charge on any atom is 0.243 e. The lowest BCUT2D eigenvalue weighted by atomic mass is 10.1. The summed E-state index contributed by atoms with van der Waals surface area (Å²) in [6, 6.07) is 14.3. The van der Waals surface area contributed by atoms with Crippen molar-refractivity contribution >= 4 is 21.6 Å². The standard InChI is InChI=1S/C20H18ClN3O2S/c1-14-2-8-18(9-3-14)27(25,26)24-11-10-19-16(13-24)12-22-20(23-19)15-4-6-17(21)7-5-15/h2-9,12H,10-11,13H2,1H3. The number of hydrogen-bond donors (Lipinski definition) is 0. The Morgan fingerprint density at radius 2 is 1.74 bits per heavy atom. The van der Waals surface area contributed by atoms with E-state index in [9.17, 15) is 8.42 Å². The van der Waals surface area contributed by atoms with Crippen LogP contribution in [0.1, 0.15) is 16.8 Å². The number of benzene rings is 2. The molecule has 0 unspecified atom stereocenters. The second-order valence-corrected chi connectivity index (χ2v) is 8.95. The molecule has 5 nitrogen and oxygen atoms in total. The first-order valence-electron chi connectivity index (χ1n) is 8.61. The topological polar surface area (TPSA) is 63.2 Å². The van der Waals surface area contributed by atoms with Crippen LogP contribution in [0.5, 0.6) is 0 Å². The molecule has 138 valence electrons. The fourth-order valence-corrected chi connectivity index (χ4v) is 4.64. The quantitative estimate of drug-likeness (QED) is 0.671. The van der Waals surface area contributed by atoms with Crippen molar-refractivity contribution in [1.82, 2.24) is 14.3 Å². The Morgan fingerprint density at radius 3 is 2.44 bits per heavy atom. The molecule has 0 amide bonds. The third-order valence-corrected chi connectivity index (χ3v) is 6.77. The first-order valence-corrected chi connectivity index (χ1v) is 10.4. The fraction of sp³-hybridized carbons (Fsp3) is 0.200. The molecule has 0 saturated heterocycles. The van der Waals surface area contributed by atoms with Gasteiger partial charge in [-0.1, -0.05) is 29.3 Å². The first-order chi connectivity index (χ1) is 12.9. The van der Waals surface area contributed by atoms with E-state index in [-0.39, 0.29) is 6.54 Å². The highest BCUT2D eigenvalue weighted by Gasteiger charge is 2.29. The van der Waals surface area contributed by atoms with E-state index in [1.807, 2.05) is 31.2 Å². The van der Waals surface area contributed by atoms with Crippen LogP contribution < -0.4 is 0 Å². The third kappa shape index (κ3) is 3.60. The third-order valence-electron chi connectivity index (χ3n) is 4.66. The van der Waals surface area contributed by atoms with Crippen LogP contribution in [-0.4, -0.2) is 29.2 Å². The number of nitrogens with zero attached hydrogens (tertiary/aromatic N) is 3. The van der Waals surface area contributed by atoms with E-state index in [2.05, 4.69) is 9.97 Å². The van der Waals surface area contributed by atoms with Gasteiger partial charge in [-0.15, -0.1) is 0 Å². The molecule has 0 atom stereocenters. The van der Waals surface area contributed by atoms with Crippen molar-refractivity contribution in [3.63, 3.8) is 0 Å². The molecule has 2 heterocycles. The summed E-state index contributed by atoms with van der Waals surface area (Å²) in [5, 5.41) is 0.661. The number of rotatable bonds is 3. The molecule has 1 aliphatic heterocycles. The van der Waals surface area contributed by atoms with Crippen molar-refractivity contribution < 1.29 is 8.42 Å². The molecule has 0 saturated carbocycles. The Kier molecular flexibility index (Phi) is 4.72.